The second kappa shape index (κ2) is 5.88. The monoisotopic (exact) mass is 427 g/mol. The van der Waals surface area contributed by atoms with Crippen molar-refractivity contribution in [3.63, 3.8) is 0 Å². The minimum atomic E-state index is -3.59. The van der Waals surface area contributed by atoms with Crippen LogP contribution in [-0.2, 0) is 10.0 Å². The number of benzene rings is 2. The summed E-state index contributed by atoms with van der Waals surface area (Å²) >= 11 is 2.09. The molecule has 0 fully saturated rings. The Balaban J connectivity index is 1.95. The molecule has 0 saturated heterocycles. The molecule has 2 N–H and O–H groups in total. The first-order valence-corrected chi connectivity index (χ1v) is 9.24. The van der Waals surface area contributed by atoms with E-state index in [1.165, 1.54) is 0 Å². The normalized spacial score (nSPS) is 18.9. The highest BCUT2D eigenvalue weighted by Gasteiger charge is 2.27. The molecule has 114 valence electrons. The lowest BCUT2D eigenvalue weighted by atomic mass is 10.1. The van der Waals surface area contributed by atoms with Crippen LogP contribution in [0.3, 0.4) is 0 Å². The average molecular weight is 427 g/mol. The maximum atomic E-state index is 12.3. The second-order valence-electron chi connectivity index (χ2n) is 4.94. The predicted molar refractivity (Wildman–Crippen MR) is 95.4 cm³/mol. The lowest BCUT2D eigenvalue weighted by molar-refractivity contribution is 0.591. The molecule has 22 heavy (non-hydrogen) atoms. The van der Waals surface area contributed by atoms with Gasteiger partial charge in [-0.15, -0.1) is 0 Å². The summed E-state index contributed by atoms with van der Waals surface area (Å²) in [5.74, 6) is 0.241. The van der Waals surface area contributed by atoms with Crippen LogP contribution in [-0.4, -0.2) is 14.4 Å². The van der Waals surface area contributed by atoms with Crippen LogP contribution in [0.15, 0.2) is 58.4 Å². The fourth-order valence-corrected chi connectivity index (χ4v) is 4.08. The van der Waals surface area contributed by atoms with Crippen molar-refractivity contribution in [2.45, 2.75) is 17.9 Å². The molecule has 0 aliphatic carbocycles. The van der Waals surface area contributed by atoms with Crippen molar-refractivity contribution in [2.75, 3.05) is 5.32 Å². The van der Waals surface area contributed by atoms with Gasteiger partial charge in [0, 0.05) is 3.57 Å². The second-order valence-corrected chi connectivity index (χ2v) is 7.83. The molecule has 1 aliphatic heterocycles. The van der Waals surface area contributed by atoms with E-state index in [0.717, 1.165) is 9.13 Å². The summed E-state index contributed by atoms with van der Waals surface area (Å²) < 4.78 is 28.0. The first-order chi connectivity index (χ1) is 10.5. The number of sulfonamides is 1. The Morgan fingerprint density at radius 3 is 2.59 bits per heavy atom. The van der Waals surface area contributed by atoms with Crippen molar-refractivity contribution < 1.29 is 8.42 Å². The third-order valence-corrected chi connectivity index (χ3v) is 5.37. The van der Waals surface area contributed by atoms with Gasteiger partial charge in [0.1, 0.15) is 4.90 Å². The van der Waals surface area contributed by atoms with Gasteiger partial charge in [-0.1, -0.05) is 30.3 Å². The molecule has 1 atom stereocenters. The van der Waals surface area contributed by atoms with Gasteiger partial charge in [0.05, 0.1) is 11.7 Å². The zero-order chi connectivity index (χ0) is 15.7. The summed E-state index contributed by atoms with van der Waals surface area (Å²) in [5, 5.41) is 3.04. The van der Waals surface area contributed by atoms with Gasteiger partial charge in [-0.25, -0.2) is 18.1 Å². The number of rotatable bonds is 2. The number of nitrogens with zero attached hydrogens (tertiary/aromatic N) is 1. The maximum Gasteiger partial charge on any atom is 0.266 e. The smallest absolute Gasteiger partial charge is 0.266 e. The molecule has 3 rings (SSSR count). The van der Waals surface area contributed by atoms with E-state index < -0.39 is 10.0 Å². The molecule has 0 aromatic heterocycles. The molecule has 0 bridgehead atoms. The number of fused-ring (bicyclic) bond motifs is 1. The molecule has 1 heterocycles. The van der Waals surface area contributed by atoms with Crippen molar-refractivity contribution in [1.29, 1.82) is 0 Å². The van der Waals surface area contributed by atoms with E-state index >= 15 is 0 Å². The Hall–Kier alpha value is -1.61. The predicted octanol–water partition coefficient (Wildman–Crippen LogP) is 3.11. The van der Waals surface area contributed by atoms with E-state index in [4.69, 9.17) is 0 Å². The Bertz CT molecular complexity index is 835. The van der Waals surface area contributed by atoms with Gasteiger partial charge in [-0.3, -0.25) is 0 Å². The minimum Gasteiger partial charge on any atom is -0.324 e. The summed E-state index contributed by atoms with van der Waals surface area (Å²) in [6.45, 7) is 1.92. The van der Waals surface area contributed by atoms with Crippen LogP contribution in [0.1, 0.15) is 18.5 Å². The molecule has 7 heteroatoms. The molecule has 0 radical (unpaired) electrons. The SMILES string of the molecule is CC(N=C1Nc2ccc(I)cc2S(=O)(=O)N1)c1ccccc1. The van der Waals surface area contributed by atoms with Gasteiger partial charge in [-0.2, -0.15) is 0 Å². The lowest BCUT2D eigenvalue weighted by Gasteiger charge is -2.22. The van der Waals surface area contributed by atoms with Gasteiger partial charge in [0.25, 0.3) is 10.0 Å². The highest BCUT2D eigenvalue weighted by atomic mass is 127. The number of aliphatic imine (C=N–C) groups is 1. The van der Waals surface area contributed by atoms with E-state index in [-0.39, 0.29) is 16.9 Å². The summed E-state index contributed by atoms with van der Waals surface area (Å²) in [7, 11) is -3.59. The molecular formula is C15H14IN3O2S. The number of hydrogen-bond donors (Lipinski definition) is 2. The van der Waals surface area contributed by atoms with Crippen LogP contribution in [0.2, 0.25) is 0 Å². The summed E-state index contributed by atoms with van der Waals surface area (Å²) in [6, 6.07) is 14.8. The molecule has 0 amide bonds. The van der Waals surface area contributed by atoms with Crippen LogP contribution < -0.4 is 10.0 Å². The number of hydrogen-bond acceptors (Lipinski definition) is 3. The van der Waals surface area contributed by atoms with Crippen molar-refractivity contribution in [1.82, 2.24) is 4.72 Å². The van der Waals surface area contributed by atoms with E-state index in [1.807, 2.05) is 43.3 Å². The summed E-state index contributed by atoms with van der Waals surface area (Å²) in [5.41, 5.74) is 1.56. The third kappa shape index (κ3) is 3.09. The van der Waals surface area contributed by atoms with Crippen molar-refractivity contribution >= 4 is 44.3 Å². The van der Waals surface area contributed by atoms with Crippen LogP contribution in [0, 0.1) is 3.57 Å². The Morgan fingerprint density at radius 2 is 1.86 bits per heavy atom. The van der Waals surface area contributed by atoms with Crippen LogP contribution in [0.25, 0.3) is 0 Å². The van der Waals surface area contributed by atoms with Crippen molar-refractivity contribution in [3.8, 4) is 0 Å². The average Bonchev–Trinajstić information content (AvgIpc) is 2.48. The van der Waals surface area contributed by atoms with Gasteiger partial charge in [-0.05, 0) is 53.3 Å². The number of guanidine groups is 1. The van der Waals surface area contributed by atoms with Crippen LogP contribution in [0.4, 0.5) is 5.69 Å². The fraction of sp³-hybridized carbons (Fsp3) is 0.133. The van der Waals surface area contributed by atoms with Gasteiger partial charge >= 0.3 is 0 Å². The topological polar surface area (TPSA) is 70.6 Å². The van der Waals surface area contributed by atoms with Crippen molar-refractivity contribution in [3.05, 3.63) is 57.7 Å². The molecule has 0 spiro atoms. The van der Waals surface area contributed by atoms with E-state index in [0.29, 0.717) is 5.69 Å². The third-order valence-electron chi connectivity index (χ3n) is 3.32. The highest BCUT2D eigenvalue weighted by molar-refractivity contribution is 14.1. The molecule has 0 saturated carbocycles. The molecular weight excluding hydrogens is 413 g/mol. The van der Waals surface area contributed by atoms with Gasteiger partial charge in [0.2, 0.25) is 5.96 Å². The quantitative estimate of drug-likeness (QED) is 0.724. The van der Waals surface area contributed by atoms with Gasteiger partial charge < -0.3 is 5.32 Å². The first-order valence-electron chi connectivity index (χ1n) is 6.68. The lowest BCUT2D eigenvalue weighted by Crippen LogP contribution is -2.41. The number of anilines is 1. The zero-order valence-electron chi connectivity index (χ0n) is 11.7. The highest BCUT2D eigenvalue weighted by Crippen LogP contribution is 2.27. The Labute approximate surface area is 143 Å². The van der Waals surface area contributed by atoms with Crippen LogP contribution in [0.5, 0.6) is 0 Å². The van der Waals surface area contributed by atoms with Crippen molar-refractivity contribution in [2.24, 2.45) is 4.99 Å². The minimum absolute atomic E-state index is 0.156. The summed E-state index contributed by atoms with van der Waals surface area (Å²) in [4.78, 5) is 4.68. The van der Waals surface area contributed by atoms with E-state index in [1.54, 1.807) is 12.1 Å². The fourth-order valence-electron chi connectivity index (χ4n) is 2.22. The van der Waals surface area contributed by atoms with Gasteiger partial charge in [0.15, 0.2) is 0 Å². The zero-order valence-corrected chi connectivity index (χ0v) is 14.7. The number of halogens is 1. The Morgan fingerprint density at radius 1 is 1.14 bits per heavy atom. The molecule has 2 aromatic carbocycles. The van der Waals surface area contributed by atoms with Crippen LogP contribution >= 0.6 is 22.6 Å². The Kier molecular flexibility index (Phi) is 4.09. The molecule has 1 aliphatic rings. The van der Waals surface area contributed by atoms with E-state index in [2.05, 4.69) is 37.6 Å². The largest absolute Gasteiger partial charge is 0.324 e. The number of nitrogens with one attached hydrogen (secondary N) is 2. The summed E-state index contributed by atoms with van der Waals surface area (Å²) in [6.07, 6.45) is 0. The standard InChI is InChI=1S/C15H14IN3O2S/c1-10(11-5-3-2-4-6-11)17-15-18-13-8-7-12(16)9-14(13)22(20,21)19-15/h2-10H,1H3,(H2,17,18,19). The van der Waals surface area contributed by atoms with E-state index in [9.17, 15) is 8.42 Å². The molecule has 5 nitrogen and oxygen atoms in total. The molecule has 1 unspecified atom stereocenters. The molecule has 2 aromatic rings. The maximum absolute atomic E-state index is 12.3. The first kappa shape index (κ1) is 15.3.